The van der Waals surface area contributed by atoms with E-state index in [1.807, 2.05) is 6.92 Å². The number of aromatic nitrogens is 2. The van der Waals surface area contributed by atoms with Crippen LogP contribution in [-0.4, -0.2) is 33.4 Å². The molecule has 0 aliphatic carbocycles. The number of carbonyl (C=O) groups is 1. The first-order valence-corrected chi connectivity index (χ1v) is 12.8. The molecular formula is C27H35N3OS. The molecule has 0 atom stereocenters. The zero-order valence-corrected chi connectivity index (χ0v) is 20.6. The summed E-state index contributed by atoms with van der Waals surface area (Å²) in [6.45, 7) is 11.2. The molecule has 1 aliphatic rings. The Morgan fingerprint density at radius 1 is 1.16 bits per heavy atom. The maximum Gasteiger partial charge on any atom is 0.255 e. The monoisotopic (exact) mass is 449 g/mol. The third kappa shape index (κ3) is 5.15. The molecule has 1 fully saturated rings. The fraction of sp³-hybridized carbons (Fsp3) is 0.481. The third-order valence-corrected chi connectivity index (χ3v) is 7.45. The number of carbonyl (C=O) groups excluding carboxylic acids is 1. The summed E-state index contributed by atoms with van der Waals surface area (Å²) in [5.41, 5.74) is 5.38. The summed E-state index contributed by atoms with van der Waals surface area (Å²) >= 11 is 1.66. The van der Waals surface area contributed by atoms with Crippen LogP contribution in [0.1, 0.15) is 59.7 Å². The number of aryl methyl sites for hydroxylation is 1. The first-order chi connectivity index (χ1) is 15.4. The molecule has 0 bridgehead atoms. The topological polar surface area (TPSA) is 38.1 Å². The highest BCUT2D eigenvalue weighted by atomic mass is 32.1. The second-order valence-electron chi connectivity index (χ2n) is 9.54. The van der Waals surface area contributed by atoms with E-state index in [0.717, 1.165) is 73.0 Å². The molecule has 0 unspecified atom stereocenters. The van der Waals surface area contributed by atoms with Crippen molar-refractivity contribution in [3.05, 3.63) is 63.6 Å². The summed E-state index contributed by atoms with van der Waals surface area (Å²) in [5, 5.41) is 3.17. The van der Waals surface area contributed by atoms with Crippen LogP contribution in [0.25, 0.3) is 11.4 Å². The molecule has 3 aromatic rings. The fourth-order valence-corrected chi connectivity index (χ4v) is 5.30. The number of nitrogens with zero attached hydrogens (tertiary/aromatic N) is 3. The molecule has 1 aromatic carbocycles. The van der Waals surface area contributed by atoms with Crippen molar-refractivity contribution in [2.75, 3.05) is 13.1 Å². The predicted molar refractivity (Wildman–Crippen MR) is 133 cm³/mol. The normalized spacial score (nSPS) is 15.0. The molecule has 170 valence electrons. The van der Waals surface area contributed by atoms with E-state index in [1.54, 1.807) is 11.3 Å². The summed E-state index contributed by atoms with van der Waals surface area (Å²) < 4.78 is 2.31. The predicted octanol–water partition coefficient (Wildman–Crippen LogP) is 6.37. The minimum atomic E-state index is 0.178. The lowest BCUT2D eigenvalue weighted by atomic mass is 9.90. The molecule has 1 aliphatic heterocycles. The van der Waals surface area contributed by atoms with Crippen LogP contribution in [0.15, 0.2) is 41.8 Å². The van der Waals surface area contributed by atoms with Crippen molar-refractivity contribution in [3.8, 4) is 11.4 Å². The van der Waals surface area contributed by atoms with Gasteiger partial charge in [0.25, 0.3) is 5.91 Å². The van der Waals surface area contributed by atoms with E-state index < -0.39 is 0 Å². The second-order valence-corrected chi connectivity index (χ2v) is 10.6. The van der Waals surface area contributed by atoms with Crippen LogP contribution in [0, 0.1) is 25.7 Å². The van der Waals surface area contributed by atoms with Crippen molar-refractivity contribution in [1.29, 1.82) is 0 Å². The Balaban J connectivity index is 1.49. The van der Waals surface area contributed by atoms with Gasteiger partial charge in [-0.1, -0.05) is 44.2 Å². The lowest BCUT2D eigenvalue weighted by molar-refractivity contribution is 0.0689. The molecule has 1 saturated heterocycles. The number of hydrogen-bond acceptors (Lipinski definition) is 3. The molecule has 0 radical (unpaired) electrons. The average Bonchev–Trinajstić information content (AvgIpc) is 3.36. The molecule has 5 heteroatoms. The van der Waals surface area contributed by atoms with Gasteiger partial charge < -0.3 is 9.47 Å². The summed E-state index contributed by atoms with van der Waals surface area (Å²) in [7, 11) is 0. The van der Waals surface area contributed by atoms with Crippen molar-refractivity contribution in [2.45, 2.75) is 59.9 Å². The summed E-state index contributed by atoms with van der Waals surface area (Å²) in [5.74, 6) is 1.45. The number of rotatable bonds is 7. The van der Waals surface area contributed by atoms with Crippen molar-refractivity contribution in [3.63, 3.8) is 0 Å². The van der Waals surface area contributed by atoms with Crippen LogP contribution >= 0.6 is 11.3 Å². The van der Waals surface area contributed by atoms with Crippen LogP contribution < -0.4 is 0 Å². The number of amides is 1. The van der Waals surface area contributed by atoms with Crippen LogP contribution in [0.5, 0.6) is 0 Å². The molecule has 4 rings (SSSR count). The lowest BCUT2D eigenvalue weighted by Gasteiger charge is -2.32. The van der Waals surface area contributed by atoms with E-state index >= 15 is 0 Å². The van der Waals surface area contributed by atoms with Crippen molar-refractivity contribution < 1.29 is 4.79 Å². The minimum Gasteiger partial charge on any atom is -0.343 e. The molecule has 3 heterocycles. The van der Waals surface area contributed by atoms with Crippen LogP contribution in [0.2, 0.25) is 0 Å². The van der Waals surface area contributed by atoms with Crippen molar-refractivity contribution >= 4 is 17.2 Å². The SMILES string of the molecule is Cc1nc(-c2cc(C(=O)N3CCC(Cc4ccccc4)CC3)c(C)n2CCC(C)C)cs1. The first-order valence-electron chi connectivity index (χ1n) is 11.9. The van der Waals surface area contributed by atoms with E-state index in [2.05, 4.69) is 72.0 Å². The third-order valence-electron chi connectivity index (χ3n) is 6.68. The van der Waals surface area contributed by atoms with Gasteiger partial charge in [-0.2, -0.15) is 0 Å². The fourth-order valence-electron chi connectivity index (χ4n) is 4.69. The smallest absolute Gasteiger partial charge is 0.255 e. The average molecular weight is 450 g/mol. The highest BCUT2D eigenvalue weighted by Gasteiger charge is 2.27. The van der Waals surface area contributed by atoms with Crippen LogP contribution in [-0.2, 0) is 13.0 Å². The molecule has 4 nitrogen and oxygen atoms in total. The molecule has 0 saturated carbocycles. The molecule has 0 N–H and O–H groups in total. The van der Waals surface area contributed by atoms with Gasteiger partial charge in [0, 0.05) is 30.7 Å². The van der Waals surface area contributed by atoms with E-state index in [9.17, 15) is 4.79 Å². The maximum atomic E-state index is 13.5. The van der Waals surface area contributed by atoms with Gasteiger partial charge in [0.15, 0.2) is 0 Å². The number of hydrogen-bond donors (Lipinski definition) is 0. The molecule has 32 heavy (non-hydrogen) atoms. The van der Waals surface area contributed by atoms with Gasteiger partial charge in [0.05, 0.1) is 22.0 Å². The van der Waals surface area contributed by atoms with Crippen molar-refractivity contribution in [2.24, 2.45) is 11.8 Å². The number of benzene rings is 1. The summed E-state index contributed by atoms with van der Waals surface area (Å²) in [6, 6.07) is 12.8. The Labute approximate surface area is 196 Å². The molecule has 1 amide bonds. The van der Waals surface area contributed by atoms with Gasteiger partial charge in [-0.25, -0.2) is 4.98 Å². The number of likely N-dealkylation sites (tertiary alicyclic amines) is 1. The van der Waals surface area contributed by atoms with Crippen LogP contribution in [0.3, 0.4) is 0 Å². The van der Waals surface area contributed by atoms with Gasteiger partial charge in [-0.15, -0.1) is 11.3 Å². The van der Waals surface area contributed by atoms with E-state index in [4.69, 9.17) is 4.98 Å². The van der Waals surface area contributed by atoms with Crippen molar-refractivity contribution in [1.82, 2.24) is 14.5 Å². The van der Waals surface area contributed by atoms with Crippen LogP contribution in [0.4, 0.5) is 0 Å². The molecule has 2 aromatic heterocycles. The van der Waals surface area contributed by atoms with Gasteiger partial charge >= 0.3 is 0 Å². The first kappa shape index (κ1) is 22.8. The molecule has 0 spiro atoms. The van der Waals surface area contributed by atoms with E-state index in [-0.39, 0.29) is 5.91 Å². The standard InChI is InChI=1S/C27H35N3OS/c1-19(2)10-15-30-20(3)24(17-26(30)25-18-32-21(4)28-25)27(31)29-13-11-23(12-14-29)16-22-8-6-5-7-9-22/h5-9,17-19,23H,10-16H2,1-4H3. The Bertz CT molecular complexity index is 1040. The summed E-state index contributed by atoms with van der Waals surface area (Å²) in [6.07, 6.45) is 4.35. The summed E-state index contributed by atoms with van der Waals surface area (Å²) in [4.78, 5) is 20.3. The maximum absolute atomic E-state index is 13.5. The Kier molecular flexibility index (Phi) is 7.14. The minimum absolute atomic E-state index is 0.178. The zero-order valence-electron chi connectivity index (χ0n) is 19.8. The zero-order chi connectivity index (χ0) is 22.7. The number of thiazole rings is 1. The number of piperidine rings is 1. The largest absolute Gasteiger partial charge is 0.343 e. The Morgan fingerprint density at radius 2 is 1.88 bits per heavy atom. The van der Waals surface area contributed by atoms with Gasteiger partial charge in [0.1, 0.15) is 0 Å². The van der Waals surface area contributed by atoms with E-state index in [1.165, 1.54) is 5.56 Å². The highest BCUT2D eigenvalue weighted by molar-refractivity contribution is 7.09. The quantitative estimate of drug-likeness (QED) is 0.420. The second kappa shape index (κ2) is 10.0. The Morgan fingerprint density at radius 3 is 2.50 bits per heavy atom. The van der Waals surface area contributed by atoms with Gasteiger partial charge in [0.2, 0.25) is 0 Å². The Hall–Kier alpha value is -2.40. The lowest BCUT2D eigenvalue weighted by Crippen LogP contribution is -2.39. The highest BCUT2D eigenvalue weighted by Crippen LogP contribution is 2.30. The van der Waals surface area contributed by atoms with Gasteiger partial charge in [-0.05, 0) is 63.0 Å². The van der Waals surface area contributed by atoms with Gasteiger partial charge in [-0.3, -0.25) is 4.79 Å². The molecular weight excluding hydrogens is 414 g/mol. The van der Waals surface area contributed by atoms with E-state index in [0.29, 0.717) is 11.8 Å².